The fourth-order valence-electron chi connectivity index (χ4n) is 3.20. The normalized spacial score (nSPS) is 27.4. The summed E-state index contributed by atoms with van der Waals surface area (Å²) >= 11 is 0. The Kier molecular flexibility index (Phi) is 5.68. The van der Waals surface area contributed by atoms with Gasteiger partial charge in [-0.3, -0.25) is 4.90 Å². The molecule has 6 nitrogen and oxygen atoms in total. The van der Waals surface area contributed by atoms with E-state index in [9.17, 15) is 4.79 Å². The lowest BCUT2D eigenvalue weighted by Gasteiger charge is -2.38. The zero-order valence-electron chi connectivity index (χ0n) is 17.1. The Morgan fingerprint density at radius 1 is 1.19 bits per heavy atom. The molecule has 0 spiro atoms. The van der Waals surface area contributed by atoms with Crippen LogP contribution in [0.5, 0.6) is 0 Å². The van der Waals surface area contributed by atoms with Crippen LogP contribution in [0.2, 0.25) is 18.1 Å². The van der Waals surface area contributed by atoms with Gasteiger partial charge in [-0.25, -0.2) is 4.79 Å². The first-order valence-corrected chi connectivity index (χ1v) is 12.4. The quantitative estimate of drug-likeness (QED) is 0.544. The summed E-state index contributed by atoms with van der Waals surface area (Å²) in [7, 11) is -0.378. The van der Waals surface area contributed by atoms with E-state index in [1.54, 1.807) is 12.0 Å². The molecule has 0 aromatic heterocycles. The van der Waals surface area contributed by atoms with Crippen LogP contribution >= 0.6 is 0 Å². The first-order valence-electron chi connectivity index (χ1n) is 9.47. The fourth-order valence-corrected chi connectivity index (χ4v) is 4.33. The van der Waals surface area contributed by atoms with Crippen molar-refractivity contribution in [3.05, 3.63) is 35.9 Å². The van der Waals surface area contributed by atoms with Crippen LogP contribution < -0.4 is 0 Å². The number of methoxy groups -OCH3 is 1. The number of hydrogen-bond acceptors (Lipinski definition) is 5. The molecule has 150 valence electrons. The number of rotatable bonds is 6. The van der Waals surface area contributed by atoms with E-state index >= 15 is 0 Å². The highest BCUT2D eigenvalue weighted by molar-refractivity contribution is 6.74. The van der Waals surface area contributed by atoms with Gasteiger partial charge in [0.15, 0.2) is 14.6 Å². The number of hydrogen-bond donors (Lipinski definition) is 0. The van der Waals surface area contributed by atoms with Crippen molar-refractivity contribution < 1.29 is 23.4 Å². The fraction of sp³-hybridized carbons (Fsp3) is 0.650. The summed E-state index contributed by atoms with van der Waals surface area (Å²) in [6.45, 7) is 11.6. The molecular weight excluding hydrogens is 362 g/mol. The summed E-state index contributed by atoms with van der Waals surface area (Å²) in [4.78, 5) is 14.4. The summed E-state index contributed by atoms with van der Waals surface area (Å²) in [6.07, 6.45) is -0.915. The third kappa shape index (κ3) is 4.21. The average molecular weight is 394 g/mol. The predicted octanol–water partition coefficient (Wildman–Crippen LogP) is 3.77. The molecule has 0 aliphatic carbocycles. The Hall–Kier alpha value is -1.41. The van der Waals surface area contributed by atoms with Gasteiger partial charge >= 0.3 is 6.09 Å². The highest BCUT2D eigenvalue weighted by atomic mass is 28.4. The SMILES string of the molecule is COC[C@H]1O[C@@H](O[Si](C)(C)C(C)(C)C)[C@@H]2[C@H]1N2C(=O)OCc1ccccc1. The van der Waals surface area contributed by atoms with E-state index in [0.717, 1.165) is 5.56 Å². The topological polar surface area (TPSA) is 57.0 Å². The standard InChI is InChI=1S/C20H31NO5Si/c1-20(2,3)27(5,6)26-18-17-16(15(25-18)13-23-4)21(17)19(22)24-12-14-10-8-7-9-11-14/h7-11,15-18H,12-13H2,1-6H3/t15-,16+,17+,18+,21?/m1/s1. The van der Waals surface area contributed by atoms with Gasteiger partial charge in [0.05, 0.1) is 12.6 Å². The van der Waals surface area contributed by atoms with E-state index in [-0.39, 0.29) is 35.9 Å². The van der Waals surface area contributed by atoms with Crippen LogP contribution in [0.25, 0.3) is 0 Å². The maximum absolute atomic E-state index is 12.6. The second kappa shape index (κ2) is 7.54. The van der Waals surface area contributed by atoms with Gasteiger partial charge in [0.25, 0.3) is 0 Å². The van der Waals surface area contributed by atoms with Crippen LogP contribution in [0, 0.1) is 0 Å². The number of morpholine rings is 1. The van der Waals surface area contributed by atoms with Gasteiger partial charge in [0.2, 0.25) is 0 Å². The summed E-state index contributed by atoms with van der Waals surface area (Å²) < 4.78 is 23.3. The predicted molar refractivity (Wildman–Crippen MR) is 105 cm³/mol. The lowest BCUT2D eigenvalue weighted by atomic mass is 10.2. The molecule has 2 fully saturated rings. The molecule has 1 aromatic rings. The summed E-state index contributed by atoms with van der Waals surface area (Å²) in [5.41, 5.74) is 0.969. The number of carbonyl (C=O) groups is 1. The van der Waals surface area contributed by atoms with Gasteiger partial charge in [-0.1, -0.05) is 51.1 Å². The number of ether oxygens (including phenoxy) is 3. The first-order chi connectivity index (χ1) is 12.7. The molecule has 1 amide bonds. The molecule has 4 atom stereocenters. The van der Waals surface area contributed by atoms with Crippen LogP contribution in [0.15, 0.2) is 30.3 Å². The highest BCUT2D eigenvalue weighted by Crippen LogP contribution is 2.47. The van der Waals surface area contributed by atoms with Crippen LogP contribution in [-0.4, -0.2) is 57.5 Å². The zero-order valence-corrected chi connectivity index (χ0v) is 18.1. The number of fused-ring (bicyclic) bond motifs is 1. The molecule has 2 aliphatic heterocycles. The van der Waals surface area contributed by atoms with Crippen LogP contribution in [0.3, 0.4) is 0 Å². The molecule has 3 rings (SSSR count). The zero-order chi connectivity index (χ0) is 19.8. The van der Waals surface area contributed by atoms with Crippen molar-refractivity contribution in [3.8, 4) is 0 Å². The van der Waals surface area contributed by atoms with Crippen LogP contribution in [0.4, 0.5) is 4.79 Å². The number of nitrogens with zero attached hydrogens (tertiary/aromatic N) is 1. The molecule has 7 heteroatoms. The van der Waals surface area contributed by atoms with Crippen LogP contribution in [0.1, 0.15) is 26.3 Å². The van der Waals surface area contributed by atoms with Crippen molar-refractivity contribution in [1.29, 1.82) is 0 Å². The number of carbonyl (C=O) groups excluding carboxylic acids is 1. The maximum atomic E-state index is 12.6. The van der Waals surface area contributed by atoms with Gasteiger partial charge in [-0.2, -0.15) is 0 Å². The smallest absolute Gasteiger partial charge is 0.411 e. The largest absolute Gasteiger partial charge is 0.445 e. The molecule has 2 heterocycles. The highest BCUT2D eigenvalue weighted by Gasteiger charge is 2.67. The van der Waals surface area contributed by atoms with Gasteiger partial charge in [0.1, 0.15) is 18.8 Å². The second-order valence-corrected chi connectivity index (χ2v) is 13.6. The van der Waals surface area contributed by atoms with Crippen LogP contribution in [-0.2, 0) is 25.2 Å². The van der Waals surface area contributed by atoms with E-state index in [1.165, 1.54) is 0 Å². The Morgan fingerprint density at radius 3 is 2.44 bits per heavy atom. The van der Waals surface area contributed by atoms with E-state index in [4.69, 9.17) is 18.6 Å². The lowest BCUT2D eigenvalue weighted by Crippen LogP contribution is -2.47. The third-order valence-electron chi connectivity index (χ3n) is 5.84. The lowest BCUT2D eigenvalue weighted by molar-refractivity contribution is -0.125. The van der Waals surface area contributed by atoms with Crippen molar-refractivity contribution in [2.24, 2.45) is 0 Å². The van der Waals surface area contributed by atoms with Crippen molar-refractivity contribution in [3.63, 3.8) is 0 Å². The Labute approximate surface area is 162 Å². The maximum Gasteiger partial charge on any atom is 0.411 e. The molecule has 0 unspecified atom stereocenters. The van der Waals surface area contributed by atoms with Crippen molar-refractivity contribution in [2.75, 3.05) is 13.7 Å². The average Bonchev–Trinajstić information content (AvgIpc) is 3.25. The molecule has 2 aliphatic rings. The molecule has 27 heavy (non-hydrogen) atoms. The Bertz CT molecular complexity index is 660. The first kappa shape index (κ1) is 20.3. The molecule has 0 bridgehead atoms. The molecule has 1 aromatic carbocycles. The Morgan fingerprint density at radius 2 is 1.85 bits per heavy atom. The van der Waals surface area contributed by atoms with Crippen molar-refractivity contribution >= 4 is 14.4 Å². The summed E-state index contributed by atoms with van der Waals surface area (Å²) in [5.74, 6) is 0. The van der Waals surface area contributed by atoms with Gasteiger partial charge < -0.3 is 18.6 Å². The van der Waals surface area contributed by atoms with Gasteiger partial charge in [-0.15, -0.1) is 0 Å². The summed E-state index contributed by atoms with van der Waals surface area (Å²) in [6, 6.07) is 9.55. The van der Waals surface area contributed by atoms with Gasteiger partial charge in [-0.05, 0) is 23.7 Å². The molecule has 2 saturated heterocycles. The third-order valence-corrected chi connectivity index (χ3v) is 10.3. The molecule has 0 N–H and O–H groups in total. The van der Waals surface area contributed by atoms with E-state index in [2.05, 4.69) is 33.9 Å². The van der Waals surface area contributed by atoms with E-state index < -0.39 is 14.6 Å². The molecule has 0 radical (unpaired) electrons. The van der Waals surface area contributed by atoms with Crippen molar-refractivity contribution in [1.82, 2.24) is 4.90 Å². The molecular formula is C20H31NO5Si. The Balaban J connectivity index is 1.65. The minimum atomic E-state index is -2.02. The molecule has 0 saturated carbocycles. The van der Waals surface area contributed by atoms with E-state index in [0.29, 0.717) is 6.61 Å². The number of amides is 1. The van der Waals surface area contributed by atoms with Gasteiger partial charge in [0, 0.05) is 7.11 Å². The minimum absolute atomic E-state index is 0.0389. The summed E-state index contributed by atoms with van der Waals surface area (Å²) in [5, 5.41) is 0.0682. The minimum Gasteiger partial charge on any atom is -0.445 e. The van der Waals surface area contributed by atoms with E-state index in [1.807, 2.05) is 30.3 Å². The van der Waals surface area contributed by atoms with Crippen molar-refractivity contribution in [2.45, 2.75) is 70.0 Å². The second-order valence-electron chi connectivity index (χ2n) is 8.81. The monoisotopic (exact) mass is 393 g/mol. The number of benzene rings is 1.